The second-order valence-corrected chi connectivity index (χ2v) is 5.97. The van der Waals surface area contributed by atoms with E-state index in [4.69, 9.17) is 11.6 Å². The van der Waals surface area contributed by atoms with Gasteiger partial charge in [-0.25, -0.2) is 0 Å². The van der Waals surface area contributed by atoms with Crippen molar-refractivity contribution in [2.45, 2.75) is 32.1 Å². The number of hydrogen-bond donors (Lipinski definition) is 2. The average Bonchev–Trinajstić information content (AvgIpc) is 2.41. The Morgan fingerprint density at radius 3 is 2.35 bits per heavy atom. The third kappa shape index (κ3) is 2.99. The Kier molecular flexibility index (Phi) is 5.06. The van der Waals surface area contributed by atoms with Gasteiger partial charge in [0.1, 0.15) is 0 Å². The van der Waals surface area contributed by atoms with Gasteiger partial charge in [0.2, 0.25) is 5.91 Å². The molecule has 2 rings (SSSR count). The average molecular weight is 295 g/mol. The van der Waals surface area contributed by atoms with Crippen molar-refractivity contribution in [3.05, 3.63) is 34.9 Å². The lowest BCUT2D eigenvalue weighted by molar-refractivity contribution is -0.127. The van der Waals surface area contributed by atoms with Gasteiger partial charge in [-0.3, -0.25) is 4.79 Å². The lowest BCUT2D eigenvalue weighted by atomic mass is 9.75. The van der Waals surface area contributed by atoms with Crippen molar-refractivity contribution in [1.82, 2.24) is 10.6 Å². The maximum Gasteiger partial charge on any atom is 0.230 e. The summed E-state index contributed by atoms with van der Waals surface area (Å²) in [4.78, 5) is 12.7. The zero-order valence-corrected chi connectivity index (χ0v) is 13.0. The molecular formula is C16H23ClN2O. The summed E-state index contributed by atoms with van der Waals surface area (Å²) in [5.41, 5.74) is 0.609. The smallest absolute Gasteiger partial charge is 0.230 e. The molecule has 3 nitrogen and oxygen atoms in total. The van der Waals surface area contributed by atoms with E-state index >= 15 is 0 Å². The molecule has 1 amide bonds. The van der Waals surface area contributed by atoms with Gasteiger partial charge in [0.25, 0.3) is 0 Å². The van der Waals surface area contributed by atoms with Crippen LogP contribution in [0.1, 0.15) is 32.3 Å². The summed E-state index contributed by atoms with van der Waals surface area (Å²) in [6.45, 7) is 6.92. The molecule has 0 aromatic heterocycles. The van der Waals surface area contributed by atoms with E-state index in [0.29, 0.717) is 10.9 Å². The van der Waals surface area contributed by atoms with Crippen molar-refractivity contribution in [2.75, 3.05) is 19.6 Å². The van der Waals surface area contributed by atoms with Crippen LogP contribution in [0.15, 0.2) is 24.3 Å². The summed E-state index contributed by atoms with van der Waals surface area (Å²) in [6, 6.07) is 7.67. The molecule has 1 aromatic rings. The lowest BCUT2D eigenvalue weighted by Crippen LogP contribution is -2.51. The number of amides is 1. The third-order valence-electron chi connectivity index (χ3n) is 4.46. The van der Waals surface area contributed by atoms with Crippen molar-refractivity contribution in [3.63, 3.8) is 0 Å². The van der Waals surface area contributed by atoms with E-state index < -0.39 is 5.41 Å². The van der Waals surface area contributed by atoms with E-state index in [1.54, 1.807) is 0 Å². The van der Waals surface area contributed by atoms with Crippen LogP contribution in [0.5, 0.6) is 0 Å². The maximum atomic E-state index is 12.7. The SMILES string of the molecule is CCC(CC)(C(=O)NCC1CNC1)c1ccc(Cl)cc1. The van der Waals surface area contributed by atoms with Gasteiger partial charge in [-0.1, -0.05) is 37.6 Å². The van der Waals surface area contributed by atoms with Crippen molar-refractivity contribution in [2.24, 2.45) is 5.92 Å². The molecule has 0 radical (unpaired) electrons. The van der Waals surface area contributed by atoms with Gasteiger partial charge in [0.15, 0.2) is 0 Å². The lowest BCUT2D eigenvalue weighted by Gasteiger charge is -2.33. The molecular weight excluding hydrogens is 272 g/mol. The number of carbonyl (C=O) groups is 1. The minimum absolute atomic E-state index is 0.136. The fourth-order valence-corrected chi connectivity index (χ4v) is 2.90. The van der Waals surface area contributed by atoms with Gasteiger partial charge in [0, 0.05) is 30.6 Å². The standard InChI is InChI=1S/C16H23ClN2O/c1-3-16(4-2,13-5-7-14(17)8-6-13)15(20)19-11-12-9-18-10-12/h5-8,12,18H,3-4,9-11H2,1-2H3,(H,19,20). The summed E-state index contributed by atoms with van der Waals surface area (Å²) in [6.07, 6.45) is 1.58. The van der Waals surface area contributed by atoms with Crippen molar-refractivity contribution < 1.29 is 4.79 Å². The van der Waals surface area contributed by atoms with Crippen LogP contribution in [-0.4, -0.2) is 25.5 Å². The van der Waals surface area contributed by atoms with Gasteiger partial charge in [-0.15, -0.1) is 0 Å². The van der Waals surface area contributed by atoms with Crippen LogP contribution in [-0.2, 0) is 10.2 Å². The predicted octanol–water partition coefficient (Wildman–Crippen LogP) is 2.73. The second-order valence-electron chi connectivity index (χ2n) is 5.53. The van der Waals surface area contributed by atoms with E-state index in [9.17, 15) is 4.79 Å². The van der Waals surface area contributed by atoms with Gasteiger partial charge >= 0.3 is 0 Å². The van der Waals surface area contributed by atoms with Crippen LogP contribution in [0.25, 0.3) is 0 Å². The Balaban J connectivity index is 2.14. The van der Waals surface area contributed by atoms with Crippen molar-refractivity contribution >= 4 is 17.5 Å². The van der Waals surface area contributed by atoms with E-state index in [0.717, 1.165) is 38.0 Å². The largest absolute Gasteiger partial charge is 0.355 e. The first-order valence-corrected chi connectivity index (χ1v) is 7.75. The summed E-state index contributed by atoms with van der Waals surface area (Å²) in [5, 5.41) is 7.06. The Hall–Kier alpha value is -1.06. The molecule has 1 fully saturated rings. The number of halogens is 1. The van der Waals surface area contributed by atoms with Crippen molar-refractivity contribution in [3.8, 4) is 0 Å². The van der Waals surface area contributed by atoms with Gasteiger partial charge in [-0.2, -0.15) is 0 Å². The Labute approximate surface area is 126 Å². The van der Waals surface area contributed by atoms with Gasteiger partial charge in [-0.05, 0) is 30.5 Å². The molecule has 2 N–H and O–H groups in total. The molecule has 0 bridgehead atoms. The van der Waals surface area contributed by atoms with E-state index in [-0.39, 0.29) is 5.91 Å². The number of nitrogens with one attached hydrogen (secondary N) is 2. The zero-order valence-electron chi connectivity index (χ0n) is 12.2. The molecule has 0 spiro atoms. The Morgan fingerprint density at radius 2 is 1.90 bits per heavy atom. The fraction of sp³-hybridized carbons (Fsp3) is 0.562. The van der Waals surface area contributed by atoms with Gasteiger partial charge in [0.05, 0.1) is 5.41 Å². The number of hydrogen-bond acceptors (Lipinski definition) is 2. The van der Waals surface area contributed by atoms with E-state index in [2.05, 4.69) is 24.5 Å². The third-order valence-corrected chi connectivity index (χ3v) is 4.71. The van der Waals surface area contributed by atoms with Crippen LogP contribution in [0, 0.1) is 5.92 Å². The molecule has 1 heterocycles. The summed E-state index contributed by atoms with van der Waals surface area (Å²) in [7, 11) is 0. The maximum absolute atomic E-state index is 12.7. The topological polar surface area (TPSA) is 41.1 Å². The molecule has 0 unspecified atom stereocenters. The molecule has 0 saturated carbocycles. The molecule has 1 aliphatic heterocycles. The summed E-state index contributed by atoms with van der Waals surface area (Å²) in [5.74, 6) is 0.715. The highest BCUT2D eigenvalue weighted by molar-refractivity contribution is 6.30. The first-order valence-electron chi connectivity index (χ1n) is 7.37. The van der Waals surface area contributed by atoms with Crippen LogP contribution < -0.4 is 10.6 Å². The second kappa shape index (κ2) is 6.59. The zero-order chi connectivity index (χ0) is 14.6. The molecule has 0 atom stereocenters. The number of benzene rings is 1. The highest BCUT2D eigenvalue weighted by Crippen LogP contribution is 2.32. The molecule has 110 valence electrons. The summed E-state index contributed by atoms with van der Waals surface area (Å²) >= 11 is 5.95. The van der Waals surface area contributed by atoms with E-state index in [1.165, 1.54) is 0 Å². The first kappa shape index (κ1) is 15.3. The molecule has 0 aliphatic carbocycles. The monoisotopic (exact) mass is 294 g/mol. The highest BCUT2D eigenvalue weighted by Gasteiger charge is 2.37. The molecule has 20 heavy (non-hydrogen) atoms. The number of carbonyl (C=O) groups excluding carboxylic acids is 1. The number of rotatable bonds is 6. The normalized spacial score (nSPS) is 15.8. The molecule has 4 heteroatoms. The fourth-order valence-electron chi connectivity index (χ4n) is 2.78. The summed E-state index contributed by atoms with van der Waals surface area (Å²) < 4.78 is 0. The van der Waals surface area contributed by atoms with Crippen LogP contribution in [0.4, 0.5) is 0 Å². The van der Waals surface area contributed by atoms with Crippen LogP contribution in [0.3, 0.4) is 0 Å². The Bertz CT molecular complexity index is 450. The van der Waals surface area contributed by atoms with E-state index in [1.807, 2.05) is 24.3 Å². The molecule has 1 aromatic carbocycles. The molecule has 1 aliphatic rings. The quantitative estimate of drug-likeness (QED) is 0.847. The highest BCUT2D eigenvalue weighted by atomic mass is 35.5. The Morgan fingerprint density at radius 1 is 1.30 bits per heavy atom. The molecule has 1 saturated heterocycles. The minimum atomic E-state index is -0.443. The van der Waals surface area contributed by atoms with Crippen LogP contribution in [0.2, 0.25) is 5.02 Å². The first-order chi connectivity index (χ1) is 9.62. The van der Waals surface area contributed by atoms with Crippen molar-refractivity contribution in [1.29, 1.82) is 0 Å². The predicted molar refractivity (Wildman–Crippen MR) is 83.1 cm³/mol. The minimum Gasteiger partial charge on any atom is -0.355 e. The van der Waals surface area contributed by atoms with Gasteiger partial charge < -0.3 is 10.6 Å². The van der Waals surface area contributed by atoms with Crippen LogP contribution >= 0.6 is 11.6 Å².